The quantitative estimate of drug-likeness (QED) is 0.873. The Balaban J connectivity index is 2.01. The predicted molar refractivity (Wildman–Crippen MR) is 86.3 cm³/mol. The number of nitrogens with two attached hydrogens (primary N) is 1. The Morgan fingerprint density at radius 3 is 2.82 bits per heavy atom. The molecule has 5 heteroatoms. The highest BCUT2D eigenvalue weighted by Gasteiger charge is 2.25. The minimum absolute atomic E-state index is 0.181. The van der Waals surface area contributed by atoms with E-state index in [4.69, 9.17) is 15.2 Å². The summed E-state index contributed by atoms with van der Waals surface area (Å²) in [6.07, 6.45) is 4.37. The maximum absolute atomic E-state index is 12.5. The Morgan fingerprint density at radius 1 is 1.32 bits per heavy atom. The molecule has 22 heavy (non-hydrogen) atoms. The van der Waals surface area contributed by atoms with Crippen LogP contribution < -0.4 is 15.2 Å². The van der Waals surface area contributed by atoms with Gasteiger partial charge >= 0.3 is 0 Å². The van der Waals surface area contributed by atoms with Gasteiger partial charge in [-0.05, 0) is 49.4 Å². The molecule has 2 N–H and O–H groups in total. The maximum Gasteiger partial charge on any atom is 0.223 e. The topological polar surface area (TPSA) is 64.8 Å². The van der Waals surface area contributed by atoms with Gasteiger partial charge in [0.1, 0.15) is 11.5 Å². The van der Waals surface area contributed by atoms with E-state index in [9.17, 15) is 4.79 Å². The molecule has 1 aliphatic heterocycles. The fourth-order valence-electron chi connectivity index (χ4n) is 3.04. The number of aryl methyl sites for hydroxylation is 1. The van der Waals surface area contributed by atoms with Crippen LogP contribution in [0.4, 0.5) is 0 Å². The summed E-state index contributed by atoms with van der Waals surface area (Å²) in [5, 5.41) is 0. The number of likely N-dealkylation sites (tertiary alicyclic amines) is 1. The van der Waals surface area contributed by atoms with Crippen LogP contribution in [0.1, 0.15) is 31.2 Å². The van der Waals surface area contributed by atoms with Crippen molar-refractivity contribution in [2.24, 2.45) is 5.73 Å². The van der Waals surface area contributed by atoms with Gasteiger partial charge in [-0.3, -0.25) is 4.79 Å². The summed E-state index contributed by atoms with van der Waals surface area (Å²) in [4.78, 5) is 14.4. The van der Waals surface area contributed by atoms with Crippen molar-refractivity contribution >= 4 is 5.91 Å². The lowest BCUT2D eigenvalue weighted by atomic mass is 10.0. The summed E-state index contributed by atoms with van der Waals surface area (Å²) in [5.74, 6) is 1.75. The van der Waals surface area contributed by atoms with Gasteiger partial charge in [0.15, 0.2) is 0 Å². The van der Waals surface area contributed by atoms with Crippen molar-refractivity contribution in [3.8, 4) is 11.5 Å². The number of methoxy groups -OCH3 is 2. The maximum atomic E-state index is 12.5. The summed E-state index contributed by atoms with van der Waals surface area (Å²) in [6, 6.07) is 5.87. The first-order chi connectivity index (χ1) is 10.7. The highest BCUT2D eigenvalue weighted by molar-refractivity contribution is 5.77. The minimum atomic E-state index is 0.181. The van der Waals surface area contributed by atoms with Crippen LogP contribution >= 0.6 is 0 Å². The first kappa shape index (κ1) is 16.6. The number of carbonyl (C=O) groups is 1. The fourth-order valence-corrected chi connectivity index (χ4v) is 3.04. The molecule has 0 radical (unpaired) electrons. The molecule has 0 bridgehead atoms. The van der Waals surface area contributed by atoms with Gasteiger partial charge in [0.2, 0.25) is 5.91 Å². The molecule has 0 saturated carbocycles. The van der Waals surface area contributed by atoms with E-state index in [0.717, 1.165) is 42.9 Å². The van der Waals surface area contributed by atoms with Crippen LogP contribution in [0.15, 0.2) is 18.2 Å². The highest BCUT2D eigenvalue weighted by Crippen LogP contribution is 2.26. The van der Waals surface area contributed by atoms with Gasteiger partial charge in [-0.15, -0.1) is 0 Å². The number of amides is 1. The van der Waals surface area contributed by atoms with Crippen LogP contribution in [0.2, 0.25) is 0 Å². The van der Waals surface area contributed by atoms with Crippen LogP contribution in [0.5, 0.6) is 11.5 Å². The van der Waals surface area contributed by atoms with Crippen molar-refractivity contribution in [3.63, 3.8) is 0 Å². The second-order valence-electron chi connectivity index (χ2n) is 5.65. The number of ether oxygens (including phenoxy) is 2. The monoisotopic (exact) mass is 306 g/mol. The van der Waals surface area contributed by atoms with Gasteiger partial charge in [0.05, 0.1) is 14.2 Å². The standard InChI is InChI=1S/C17H26N2O3/c1-21-15-7-8-16(22-2)13(11-15)6-9-17(20)19-10-4-3-5-14(19)12-18/h7-8,11,14H,3-6,9-10,12,18H2,1-2H3. The molecule has 1 heterocycles. The Morgan fingerprint density at radius 2 is 2.14 bits per heavy atom. The third-order valence-electron chi connectivity index (χ3n) is 4.32. The summed E-state index contributed by atoms with van der Waals surface area (Å²) in [5.41, 5.74) is 6.79. The lowest BCUT2D eigenvalue weighted by Crippen LogP contribution is -2.47. The zero-order valence-corrected chi connectivity index (χ0v) is 13.5. The van der Waals surface area contributed by atoms with Crippen molar-refractivity contribution in [2.45, 2.75) is 38.1 Å². The molecule has 1 aromatic rings. The van der Waals surface area contributed by atoms with Gasteiger partial charge in [0, 0.05) is 25.6 Å². The van der Waals surface area contributed by atoms with Crippen LogP contribution in [0, 0.1) is 0 Å². The molecule has 1 aliphatic rings. The van der Waals surface area contributed by atoms with Crippen LogP contribution in [0.25, 0.3) is 0 Å². The normalized spacial score (nSPS) is 18.1. The predicted octanol–water partition coefficient (Wildman–Crippen LogP) is 1.98. The number of hydrogen-bond donors (Lipinski definition) is 1. The van der Waals surface area contributed by atoms with Gasteiger partial charge in [0.25, 0.3) is 0 Å². The first-order valence-electron chi connectivity index (χ1n) is 7.90. The van der Waals surface area contributed by atoms with Crippen molar-refractivity contribution in [3.05, 3.63) is 23.8 Å². The average Bonchev–Trinajstić information content (AvgIpc) is 2.59. The number of nitrogens with zero attached hydrogens (tertiary/aromatic N) is 1. The molecule has 2 rings (SSSR count). The Hall–Kier alpha value is -1.75. The van der Waals surface area contributed by atoms with Crippen LogP contribution in [-0.2, 0) is 11.2 Å². The molecule has 1 unspecified atom stereocenters. The molecule has 122 valence electrons. The van der Waals surface area contributed by atoms with E-state index in [-0.39, 0.29) is 11.9 Å². The average molecular weight is 306 g/mol. The third-order valence-corrected chi connectivity index (χ3v) is 4.32. The Kier molecular flexibility index (Phi) is 6.07. The summed E-state index contributed by atoms with van der Waals surface area (Å²) in [7, 11) is 3.28. The molecular formula is C17H26N2O3. The van der Waals surface area contributed by atoms with Crippen LogP contribution in [0.3, 0.4) is 0 Å². The highest BCUT2D eigenvalue weighted by atomic mass is 16.5. The van der Waals surface area contributed by atoms with E-state index in [2.05, 4.69) is 0 Å². The van der Waals surface area contributed by atoms with E-state index in [1.165, 1.54) is 0 Å². The second kappa shape index (κ2) is 8.03. The number of benzene rings is 1. The van der Waals surface area contributed by atoms with Crippen LogP contribution in [-0.4, -0.2) is 44.2 Å². The molecular weight excluding hydrogens is 280 g/mol. The van der Waals surface area contributed by atoms with E-state index in [1.807, 2.05) is 23.1 Å². The van der Waals surface area contributed by atoms with E-state index in [0.29, 0.717) is 19.4 Å². The van der Waals surface area contributed by atoms with E-state index >= 15 is 0 Å². The van der Waals surface area contributed by atoms with Gasteiger partial charge in [-0.25, -0.2) is 0 Å². The molecule has 1 fully saturated rings. The number of carbonyl (C=O) groups excluding carboxylic acids is 1. The molecule has 0 aliphatic carbocycles. The molecule has 5 nitrogen and oxygen atoms in total. The molecule has 1 aromatic carbocycles. The third kappa shape index (κ3) is 3.91. The largest absolute Gasteiger partial charge is 0.497 e. The zero-order chi connectivity index (χ0) is 15.9. The number of hydrogen-bond acceptors (Lipinski definition) is 4. The minimum Gasteiger partial charge on any atom is -0.497 e. The SMILES string of the molecule is COc1ccc(OC)c(CCC(=O)N2CCCCC2CN)c1. The zero-order valence-electron chi connectivity index (χ0n) is 13.5. The summed E-state index contributed by atoms with van der Waals surface area (Å²) >= 11 is 0. The molecule has 0 spiro atoms. The Labute approximate surface area is 132 Å². The van der Waals surface area contributed by atoms with Crippen molar-refractivity contribution in [1.29, 1.82) is 0 Å². The second-order valence-corrected chi connectivity index (χ2v) is 5.65. The lowest BCUT2D eigenvalue weighted by molar-refractivity contribution is -0.134. The van der Waals surface area contributed by atoms with Gasteiger partial charge in [-0.1, -0.05) is 0 Å². The molecule has 1 saturated heterocycles. The van der Waals surface area contributed by atoms with E-state index < -0.39 is 0 Å². The fraction of sp³-hybridized carbons (Fsp3) is 0.588. The smallest absolute Gasteiger partial charge is 0.223 e. The van der Waals surface area contributed by atoms with Gasteiger partial charge in [-0.2, -0.15) is 0 Å². The van der Waals surface area contributed by atoms with Crippen molar-refractivity contribution in [2.75, 3.05) is 27.3 Å². The molecule has 1 atom stereocenters. The van der Waals surface area contributed by atoms with Crippen molar-refractivity contribution < 1.29 is 14.3 Å². The summed E-state index contributed by atoms with van der Waals surface area (Å²) < 4.78 is 10.6. The van der Waals surface area contributed by atoms with Crippen molar-refractivity contribution in [1.82, 2.24) is 4.90 Å². The van der Waals surface area contributed by atoms with E-state index in [1.54, 1.807) is 14.2 Å². The number of piperidine rings is 1. The summed E-state index contributed by atoms with van der Waals surface area (Å²) in [6.45, 7) is 1.38. The van der Waals surface area contributed by atoms with Gasteiger partial charge < -0.3 is 20.1 Å². The lowest BCUT2D eigenvalue weighted by Gasteiger charge is -2.35. The molecule has 0 aromatic heterocycles. The first-order valence-corrected chi connectivity index (χ1v) is 7.90. The molecule has 1 amide bonds. The Bertz CT molecular complexity index is 505. The number of rotatable bonds is 6.